The molecular formula is C19H18N10O6. The Hall–Kier alpha value is -5.24. The molecular weight excluding hydrogens is 464 g/mol. The molecule has 180 valence electrons. The van der Waals surface area contributed by atoms with Crippen LogP contribution in [0.2, 0.25) is 0 Å². The maximum absolute atomic E-state index is 12.4. The number of aromatic amines is 1. The molecule has 35 heavy (non-hydrogen) atoms. The van der Waals surface area contributed by atoms with Gasteiger partial charge in [-0.3, -0.25) is 19.4 Å². The number of nitrogen functional groups attached to an aromatic ring is 1. The van der Waals surface area contributed by atoms with Crippen molar-refractivity contribution in [2.45, 2.75) is 25.0 Å². The van der Waals surface area contributed by atoms with Gasteiger partial charge in [0.25, 0.3) is 11.5 Å². The molecule has 1 aromatic carbocycles. The zero-order valence-corrected chi connectivity index (χ0v) is 17.7. The monoisotopic (exact) mass is 482 g/mol. The molecule has 0 aliphatic carbocycles. The number of benzene rings is 1. The molecule has 7 N–H and O–H groups in total. The van der Waals surface area contributed by atoms with Crippen LogP contribution in [0.15, 0.2) is 40.4 Å². The number of aliphatic carboxylic acids is 2. The van der Waals surface area contributed by atoms with Crippen LogP contribution in [0, 0.1) is 0 Å². The van der Waals surface area contributed by atoms with Gasteiger partial charge in [0.15, 0.2) is 11.2 Å². The summed E-state index contributed by atoms with van der Waals surface area (Å²) in [5.41, 5.74) is 14.7. The van der Waals surface area contributed by atoms with Crippen molar-refractivity contribution in [3.63, 3.8) is 0 Å². The summed E-state index contributed by atoms with van der Waals surface area (Å²) in [6.07, 6.45) is 0.799. The predicted molar refractivity (Wildman–Crippen MR) is 120 cm³/mol. The van der Waals surface area contributed by atoms with Crippen LogP contribution in [0.1, 0.15) is 22.5 Å². The van der Waals surface area contributed by atoms with Crippen LogP contribution in [0.25, 0.3) is 21.6 Å². The number of nitrogens with zero attached hydrogens (tertiary/aromatic N) is 6. The fraction of sp³-hybridized carbons (Fsp3) is 0.211. The summed E-state index contributed by atoms with van der Waals surface area (Å²) in [6.45, 7) is 0.190. The van der Waals surface area contributed by atoms with Gasteiger partial charge in [0.05, 0.1) is 18.4 Å². The van der Waals surface area contributed by atoms with E-state index in [4.69, 9.17) is 16.4 Å². The second-order valence-corrected chi connectivity index (χ2v) is 7.07. The molecule has 2 atom stereocenters. The summed E-state index contributed by atoms with van der Waals surface area (Å²) in [5, 5.41) is 26.6. The average Bonchev–Trinajstić information content (AvgIpc) is 2.82. The smallest absolute Gasteiger partial charge is 0.326 e. The fourth-order valence-corrected chi connectivity index (χ4v) is 2.93. The summed E-state index contributed by atoms with van der Waals surface area (Å²) < 4.78 is 0. The maximum Gasteiger partial charge on any atom is 0.326 e. The Bertz CT molecular complexity index is 1380. The van der Waals surface area contributed by atoms with E-state index in [1.54, 1.807) is 12.1 Å². The number of H-pyrrole nitrogens is 1. The number of hydrogen-bond donors (Lipinski definition) is 6. The quantitative estimate of drug-likeness (QED) is 0.129. The van der Waals surface area contributed by atoms with E-state index >= 15 is 0 Å². The topological polar surface area (TPSA) is 262 Å². The number of azide groups is 1. The second-order valence-electron chi connectivity index (χ2n) is 7.07. The number of carbonyl (C=O) groups is 3. The lowest BCUT2D eigenvalue weighted by molar-refractivity contribution is -0.141. The van der Waals surface area contributed by atoms with Gasteiger partial charge >= 0.3 is 11.9 Å². The Labute approximate surface area is 194 Å². The highest BCUT2D eigenvalue weighted by Gasteiger charge is 2.28. The Morgan fingerprint density at radius 3 is 2.51 bits per heavy atom. The molecule has 3 aromatic rings. The molecule has 0 saturated heterocycles. The number of nitrogens with two attached hydrogens (primary N) is 1. The van der Waals surface area contributed by atoms with E-state index in [1.807, 2.05) is 0 Å². The number of anilines is 2. The van der Waals surface area contributed by atoms with Gasteiger partial charge in [0, 0.05) is 16.2 Å². The normalized spacial score (nSPS) is 12.2. The zero-order chi connectivity index (χ0) is 25.5. The third-order valence-corrected chi connectivity index (χ3v) is 4.65. The molecule has 2 heterocycles. The molecule has 1 amide bonds. The average molecular weight is 482 g/mol. The molecule has 16 nitrogen and oxygen atoms in total. The number of rotatable bonds is 10. The van der Waals surface area contributed by atoms with E-state index in [0.29, 0.717) is 11.4 Å². The molecule has 0 spiro atoms. The number of amides is 1. The minimum absolute atomic E-state index is 0.0316. The van der Waals surface area contributed by atoms with Gasteiger partial charge in [0.2, 0.25) is 5.95 Å². The van der Waals surface area contributed by atoms with Crippen molar-refractivity contribution < 1.29 is 24.6 Å². The number of hydrogen-bond acceptors (Lipinski definition) is 10. The highest BCUT2D eigenvalue weighted by Crippen LogP contribution is 2.13. The molecule has 0 aliphatic heterocycles. The van der Waals surface area contributed by atoms with Crippen LogP contribution in [0.5, 0.6) is 0 Å². The molecule has 3 rings (SSSR count). The number of fused-ring (bicyclic) bond motifs is 1. The third kappa shape index (κ3) is 6.17. The Balaban J connectivity index is 1.64. The van der Waals surface area contributed by atoms with Crippen molar-refractivity contribution in [2.24, 2.45) is 5.11 Å². The van der Waals surface area contributed by atoms with Crippen LogP contribution in [0.4, 0.5) is 11.6 Å². The third-order valence-electron chi connectivity index (χ3n) is 4.65. The van der Waals surface area contributed by atoms with Crippen molar-refractivity contribution in [1.82, 2.24) is 25.3 Å². The lowest BCUT2D eigenvalue weighted by atomic mass is 10.1. The molecule has 16 heteroatoms. The number of carboxylic acid groups (broad SMARTS) is 2. The summed E-state index contributed by atoms with van der Waals surface area (Å²) >= 11 is 0. The van der Waals surface area contributed by atoms with Crippen molar-refractivity contribution in [1.29, 1.82) is 0 Å². The van der Waals surface area contributed by atoms with Crippen LogP contribution >= 0.6 is 0 Å². The van der Waals surface area contributed by atoms with Crippen molar-refractivity contribution >= 4 is 40.6 Å². The first kappa shape index (κ1) is 24.4. The number of aromatic nitrogens is 4. The first-order valence-electron chi connectivity index (χ1n) is 9.84. The minimum Gasteiger partial charge on any atom is -0.481 e. The molecule has 0 aliphatic rings. The highest BCUT2D eigenvalue weighted by molar-refractivity contribution is 5.97. The molecule has 1 unspecified atom stereocenters. The maximum atomic E-state index is 12.4. The van der Waals surface area contributed by atoms with Crippen molar-refractivity contribution in [2.75, 3.05) is 11.1 Å². The van der Waals surface area contributed by atoms with Crippen LogP contribution in [0.3, 0.4) is 0 Å². The summed E-state index contributed by atoms with van der Waals surface area (Å²) in [5.74, 6) is -3.83. The standard InChI is InChI=1S/C19H18N10O6/c20-19-26-14-13(16(31)27-19)24-10(7-23-14)6-22-9-3-1-8(2-4-9)15(30)25-11(17(32)33)5-12(18(34)35)28-29-21/h1-4,7,11-12,22H,5-6H2,(H,25,30)(H,32,33)(H,34,35)(H3,20,23,26,27,31)/t11-,12?/m0/s1. The first-order chi connectivity index (χ1) is 16.7. The number of carboxylic acids is 2. The number of nitrogens with one attached hydrogen (secondary N) is 3. The molecule has 0 radical (unpaired) electrons. The zero-order valence-electron chi connectivity index (χ0n) is 17.7. The van der Waals surface area contributed by atoms with E-state index in [0.717, 1.165) is 0 Å². The van der Waals surface area contributed by atoms with E-state index in [2.05, 4.69) is 40.6 Å². The van der Waals surface area contributed by atoms with Gasteiger partial charge < -0.3 is 26.6 Å². The summed E-state index contributed by atoms with van der Waals surface area (Å²) in [7, 11) is 0. The predicted octanol–water partition coefficient (Wildman–Crippen LogP) is 0.244. The van der Waals surface area contributed by atoms with E-state index < -0.39 is 41.9 Å². The highest BCUT2D eigenvalue weighted by atomic mass is 16.4. The Kier molecular flexibility index (Phi) is 7.38. The first-order valence-corrected chi connectivity index (χ1v) is 9.84. The van der Waals surface area contributed by atoms with Crippen LogP contribution in [-0.4, -0.2) is 60.1 Å². The summed E-state index contributed by atoms with van der Waals surface area (Å²) in [4.78, 5) is 63.8. The van der Waals surface area contributed by atoms with E-state index in [1.165, 1.54) is 18.3 Å². The molecule has 2 aromatic heterocycles. The van der Waals surface area contributed by atoms with Gasteiger partial charge in [-0.25, -0.2) is 14.8 Å². The van der Waals surface area contributed by atoms with Crippen molar-refractivity contribution in [3.8, 4) is 0 Å². The largest absolute Gasteiger partial charge is 0.481 e. The van der Waals surface area contributed by atoms with Crippen molar-refractivity contribution in [3.05, 3.63) is 62.5 Å². The SMILES string of the molecule is [N-]=[N+]=NC(C[C@H](NC(=O)c1ccc(NCc2cnc3nc(N)[nH]c(=O)c3n2)cc1)C(=O)O)C(=O)O. The van der Waals surface area contributed by atoms with Crippen LogP contribution < -0.4 is 21.9 Å². The van der Waals surface area contributed by atoms with Gasteiger partial charge in [-0.1, -0.05) is 5.11 Å². The molecule has 0 saturated carbocycles. The number of carbonyl (C=O) groups excluding carboxylic acids is 1. The van der Waals surface area contributed by atoms with Crippen LogP contribution in [-0.2, 0) is 16.1 Å². The van der Waals surface area contributed by atoms with E-state index in [9.17, 15) is 24.3 Å². The van der Waals surface area contributed by atoms with Gasteiger partial charge in [-0.15, -0.1) is 0 Å². The fourth-order valence-electron chi connectivity index (χ4n) is 2.93. The lowest BCUT2D eigenvalue weighted by Crippen LogP contribution is -2.43. The summed E-state index contributed by atoms with van der Waals surface area (Å²) in [6, 6.07) is 2.69. The Morgan fingerprint density at radius 1 is 1.17 bits per heavy atom. The minimum atomic E-state index is -1.66. The van der Waals surface area contributed by atoms with E-state index in [-0.39, 0.29) is 29.2 Å². The van der Waals surface area contributed by atoms with Gasteiger partial charge in [-0.05, 0) is 36.2 Å². The molecule has 0 fully saturated rings. The molecule has 0 bridgehead atoms. The second kappa shape index (κ2) is 10.6. The van der Waals surface area contributed by atoms with Gasteiger partial charge in [0.1, 0.15) is 12.1 Å². The lowest BCUT2D eigenvalue weighted by Gasteiger charge is -2.16. The Morgan fingerprint density at radius 2 is 1.89 bits per heavy atom. The van der Waals surface area contributed by atoms with Gasteiger partial charge in [-0.2, -0.15) is 4.98 Å².